The number of amides is 1. The Morgan fingerprint density at radius 3 is 2.41 bits per heavy atom. The summed E-state index contributed by atoms with van der Waals surface area (Å²) < 4.78 is 12.0. The molecular formula is C20H16Br2N2O3. The minimum absolute atomic E-state index is 0.0237. The van der Waals surface area contributed by atoms with Gasteiger partial charge in [0.05, 0.1) is 16.1 Å². The average Bonchev–Trinajstić information content (AvgIpc) is 2.66. The summed E-state index contributed by atoms with van der Waals surface area (Å²) in [7, 11) is 1.56. The molecule has 2 aromatic carbocycles. The molecule has 0 saturated carbocycles. The van der Waals surface area contributed by atoms with E-state index in [1.54, 1.807) is 49.6 Å². The first-order chi connectivity index (χ1) is 13.0. The molecule has 1 amide bonds. The lowest BCUT2D eigenvalue weighted by Gasteiger charge is -2.10. The molecule has 0 saturated heterocycles. The fraction of sp³-hybridized carbons (Fsp3) is 0.100. The normalized spacial score (nSPS) is 10.7. The summed E-state index contributed by atoms with van der Waals surface area (Å²) in [5, 5.41) is 12.1. The number of benzene rings is 2. The molecule has 0 spiro atoms. The maximum absolute atomic E-state index is 12.4. The molecular weight excluding hydrogens is 476 g/mol. The van der Waals surface area contributed by atoms with E-state index in [0.29, 0.717) is 38.3 Å². The fourth-order valence-electron chi connectivity index (χ4n) is 2.13. The summed E-state index contributed by atoms with van der Waals surface area (Å²) in [6.45, 7) is 3.98. The van der Waals surface area contributed by atoms with Gasteiger partial charge in [-0.15, -0.1) is 0 Å². The van der Waals surface area contributed by atoms with Crippen molar-refractivity contribution in [3.05, 3.63) is 69.1 Å². The van der Waals surface area contributed by atoms with Crippen LogP contribution in [0.2, 0.25) is 0 Å². The first kappa shape index (κ1) is 20.7. The maximum Gasteiger partial charge on any atom is 0.266 e. The van der Waals surface area contributed by atoms with Crippen molar-refractivity contribution in [3.63, 3.8) is 0 Å². The van der Waals surface area contributed by atoms with Gasteiger partial charge >= 0.3 is 0 Å². The van der Waals surface area contributed by atoms with Gasteiger partial charge in [0, 0.05) is 5.69 Å². The van der Waals surface area contributed by atoms with E-state index in [4.69, 9.17) is 9.47 Å². The zero-order valence-electron chi connectivity index (χ0n) is 14.5. The Morgan fingerprint density at radius 2 is 1.89 bits per heavy atom. The molecule has 27 heavy (non-hydrogen) atoms. The summed E-state index contributed by atoms with van der Waals surface area (Å²) in [5.41, 5.74) is 1.21. The second-order valence-corrected chi connectivity index (χ2v) is 6.97. The smallest absolute Gasteiger partial charge is 0.266 e. The standard InChI is InChI=1S/C20H16Br2N2O3/c1-3-8-27-19-17(21)10-13(11-18(19)22)9-14(12-23)20(25)24-15-4-6-16(26-2)7-5-15/h3-7,9-11H,1,8H2,2H3,(H,24,25). The summed E-state index contributed by atoms with van der Waals surface area (Å²) in [6, 6.07) is 12.3. The average molecular weight is 492 g/mol. The monoisotopic (exact) mass is 490 g/mol. The lowest BCUT2D eigenvalue weighted by molar-refractivity contribution is -0.112. The lowest BCUT2D eigenvalue weighted by Crippen LogP contribution is -2.13. The molecule has 0 aliphatic heterocycles. The largest absolute Gasteiger partial charge is 0.497 e. The molecule has 138 valence electrons. The second-order valence-electron chi connectivity index (χ2n) is 5.27. The summed E-state index contributed by atoms with van der Waals surface area (Å²) in [5.74, 6) is 0.799. The second kappa shape index (κ2) is 9.95. The SMILES string of the molecule is C=CCOc1c(Br)cc(C=C(C#N)C(=O)Nc2ccc(OC)cc2)cc1Br. The number of hydrogen-bond donors (Lipinski definition) is 1. The van der Waals surface area contributed by atoms with E-state index in [9.17, 15) is 10.1 Å². The van der Waals surface area contributed by atoms with E-state index < -0.39 is 5.91 Å². The van der Waals surface area contributed by atoms with Crippen LogP contribution < -0.4 is 14.8 Å². The number of carbonyl (C=O) groups is 1. The molecule has 0 radical (unpaired) electrons. The van der Waals surface area contributed by atoms with Gasteiger partial charge in [-0.05, 0) is 79.9 Å². The molecule has 2 aromatic rings. The van der Waals surface area contributed by atoms with Crippen LogP contribution in [0.25, 0.3) is 6.08 Å². The number of anilines is 1. The Kier molecular flexibility index (Phi) is 7.65. The molecule has 1 N–H and O–H groups in total. The Balaban J connectivity index is 2.22. The number of nitrogens with one attached hydrogen (secondary N) is 1. The number of ether oxygens (including phenoxy) is 2. The molecule has 0 fully saturated rings. The Morgan fingerprint density at radius 1 is 1.26 bits per heavy atom. The molecule has 0 aliphatic rings. The van der Waals surface area contributed by atoms with Crippen LogP contribution in [0, 0.1) is 11.3 Å². The van der Waals surface area contributed by atoms with Gasteiger partial charge in [-0.1, -0.05) is 12.7 Å². The van der Waals surface area contributed by atoms with Crippen LogP contribution in [0.5, 0.6) is 11.5 Å². The molecule has 0 atom stereocenters. The van der Waals surface area contributed by atoms with Crippen molar-refractivity contribution in [2.75, 3.05) is 19.0 Å². The van der Waals surface area contributed by atoms with Crippen LogP contribution in [-0.2, 0) is 4.79 Å². The van der Waals surface area contributed by atoms with Crippen LogP contribution in [0.1, 0.15) is 5.56 Å². The van der Waals surface area contributed by atoms with Crippen molar-refractivity contribution in [2.45, 2.75) is 0 Å². The Hall–Kier alpha value is -2.56. The molecule has 0 aromatic heterocycles. The number of rotatable bonds is 7. The summed E-state index contributed by atoms with van der Waals surface area (Å²) >= 11 is 6.86. The molecule has 7 heteroatoms. The molecule has 0 unspecified atom stereocenters. The van der Waals surface area contributed by atoms with Gasteiger partial charge in [0.2, 0.25) is 0 Å². The minimum Gasteiger partial charge on any atom is -0.497 e. The number of hydrogen-bond acceptors (Lipinski definition) is 4. The third kappa shape index (κ3) is 5.71. The number of halogens is 2. The van der Waals surface area contributed by atoms with E-state index in [2.05, 4.69) is 43.8 Å². The predicted octanol–water partition coefficient (Wildman–Crippen LogP) is 5.33. The van der Waals surface area contributed by atoms with Crippen LogP contribution >= 0.6 is 31.9 Å². The maximum atomic E-state index is 12.4. The third-order valence-electron chi connectivity index (χ3n) is 3.39. The first-order valence-corrected chi connectivity index (χ1v) is 9.37. The zero-order chi connectivity index (χ0) is 19.8. The number of nitrogens with zero attached hydrogens (tertiary/aromatic N) is 1. The van der Waals surface area contributed by atoms with Crippen molar-refractivity contribution in [1.29, 1.82) is 5.26 Å². The molecule has 0 aliphatic carbocycles. The van der Waals surface area contributed by atoms with Crippen molar-refractivity contribution in [2.24, 2.45) is 0 Å². The van der Waals surface area contributed by atoms with E-state index in [1.165, 1.54) is 6.08 Å². The highest BCUT2D eigenvalue weighted by molar-refractivity contribution is 9.11. The quantitative estimate of drug-likeness (QED) is 0.322. The predicted molar refractivity (Wildman–Crippen MR) is 113 cm³/mol. The molecule has 2 rings (SSSR count). The van der Waals surface area contributed by atoms with E-state index in [0.717, 1.165) is 0 Å². The molecule has 0 bridgehead atoms. The highest BCUT2D eigenvalue weighted by Gasteiger charge is 2.12. The van der Waals surface area contributed by atoms with Crippen molar-refractivity contribution < 1.29 is 14.3 Å². The Labute approximate surface area is 174 Å². The topological polar surface area (TPSA) is 71.3 Å². The Bertz CT molecular complexity index is 893. The van der Waals surface area contributed by atoms with Crippen molar-refractivity contribution in [1.82, 2.24) is 0 Å². The van der Waals surface area contributed by atoms with Crippen LogP contribution in [0.15, 0.2) is 63.6 Å². The molecule has 0 heterocycles. The van der Waals surface area contributed by atoms with Crippen LogP contribution in [0.3, 0.4) is 0 Å². The number of carbonyl (C=O) groups excluding carboxylic acids is 1. The number of methoxy groups -OCH3 is 1. The third-order valence-corrected chi connectivity index (χ3v) is 4.57. The first-order valence-electron chi connectivity index (χ1n) is 7.78. The highest BCUT2D eigenvalue weighted by atomic mass is 79.9. The van der Waals surface area contributed by atoms with Gasteiger partial charge in [0.1, 0.15) is 29.7 Å². The van der Waals surface area contributed by atoms with E-state index in [1.807, 2.05) is 6.07 Å². The van der Waals surface area contributed by atoms with Gasteiger partial charge in [0.15, 0.2) is 0 Å². The summed E-state index contributed by atoms with van der Waals surface area (Å²) in [6.07, 6.45) is 3.15. The van der Waals surface area contributed by atoms with Gasteiger partial charge in [0.25, 0.3) is 5.91 Å². The zero-order valence-corrected chi connectivity index (χ0v) is 17.6. The van der Waals surface area contributed by atoms with Gasteiger partial charge < -0.3 is 14.8 Å². The van der Waals surface area contributed by atoms with Crippen molar-refractivity contribution >= 4 is 49.5 Å². The van der Waals surface area contributed by atoms with E-state index in [-0.39, 0.29) is 5.57 Å². The minimum atomic E-state index is -0.498. The van der Waals surface area contributed by atoms with E-state index >= 15 is 0 Å². The fourth-order valence-corrected chi connectivity index (χ4v) is 3.58. The van der Waals surface area contributed by atoms with Crippen molar-refractivity contribution in [3.8, 4) is 17.6 Å². The number of nitriles is 1. The molecule has 5 nitrogen and oxygen atoms in total. The van der Waals surface area contributed by atoms with Gasteiger partial charge in [-0.2, -0.15) is 5.26 Å². The van der Waals surface area contributed by atoms with Gasteiger partial charge in [-0.25, -0.2) is 0 Å². The summed E-state index contributed by atoms with van der Waals surface area (Å²) in [4.78, 5) is 12.4. The van der Waals surface area contributed by atoms with Crippen LogP contribution in [0.4, 0.5) is 5.69 Å². The lowest BCUT2D eigenvalue weighted by atomic mass is 10.1. The highest BCUT2D eigenvalue weighted by Crippen LogP contribution is 2.35. The van der Waals surface area contributed by atoms with Crippen LogP contribution in [-0.4, -0.2) is 19.6 Å². The van der Waals surface area contributed by atoms with Gasteiger partial charge in [-0.3, -0.25) is 4.79 Å².